The van der Waals surface area contributed by atoms with Crippen molar-refractivity contribution in [2.75, 3.05) is 0 Å². The maximum atomic E-state index is 13.7. The standard InChI is InChI=1S/C12H14F2O2/c1-4-9(15)11-8(13)5-6-10(12(11)14)16-7(2)3/h5-7H,4H2,1-3H3. The highest BCUT2D eigenvalue weighted by Gasteiger charge is 2.20. The molecule has 4 heteroatoms. The summed E-state index contributed by atoms with van der Waals surface area (Å²) in [6, 6.07) is 2.24. The first kappa shape index (κ1) is 12.6. The van der Waals surface area contributed by atoms with E-state index in [4.69, 9.17) is 4.74 Å². The summed E-state index contributed by atoms with van der Waals surface area (Å²) in [4.78, 5) is 11.4. The maximum absolute atomic E-state index is 13.7. The van der Waals surface area contributed by atoms with E-state index in [0.717, 1.165) is 6.07 Å². The van der Waals surface area contributed by atoms with Gasteiger partial charge in [0.2, 0.25) is 0 Å². The molecule has 2 nitrogen and oxygen atoms in total. The van der Waals surface area contributed by atoms with E-state index in [9.17, 15) is 13.6 Å². The van der Waals surface area contributed by atoms with Gasteiger partial charge >= 0.3 is 0 Å². The monoisotopic (exact) mass is 228 g/mol. The first-order valence-corrected chi connectivity index (χ1v) is 5.15. The molecule has 0 saturated carbocycles. The van der Waals surface area contributed by atoms with E-state index in [1.807, 2.05) is 0 Å². The third kappa shape index (κ3) is 2.56. The first-order chi connectivity index (χ1) is 7.47. The van der Waals surface area contributed by atoms with Crippen molar-refractivity contribution in [1.82, 2.24) is 0 Å². The number of rotatable bonds is 4. The van der Waals surface area contributed by atoms with Crippen molar-refractivity contribution >= 4 is 5.78 Å². The molecule has 0 spiro atoms. The molecule has 0 aliphatic rings. The lowest BCUT2D eigenvalue weighted by Gasteiger charge is -2.12. The van der Waals surface area contributed by atoms with Gasteiger partial charge in [0, 0.05) is 6.42 Å². The van der Waals surface area contributed by atoms with Crippen molar-refractivity contribution in [3.8, 4) is 5.75 Å². The van der Waals surface area contributed by atoms with Crippen molar-refractivity contribution in [2.45, 2.75) is 33.3 Å². The lowest BCUT2D eigenvalue weighted by atomic mass is 10.1. The van der Waals surface area contributed by atoms with Crippen LogP contribution in [0.5, 0.6) is 5.75 Å². The smallest absolute Gasteiger partial charge is 0.178 e. The summed E-state index contributed by atoms with van der Waals surface area (Å²) in [6.07, 6.45) is -0.177. The van der Waals surface area contributed by atoms with Crippen LogP contribution in [0.15, 0.2) is 12.1 Å². The van der Waals surface area contributed by atoms with Gasteiger partial charge in [-0.2, -0.15) is 0 Å². The molecule has 0 saturated heterocycles. The normalized spacial score (nSPS) is 10.6. The molecule has 0 N–H and O–H groups in total. The average molecular weight is 228 g/mol. The number of benzene rings is 1. The molecule has 0 fully saturated rings. The Labute approximate surface area is 93.2 Å². The topological polar surface area (TPSA) is 26.3 Å². The fourth-order valence-corrected chi connectivity index (χ4v) is 1.31. The van der Waals surface area contributed by atoms with Crippen LogP contribution in [0, 0.1) is 11.6 Å². The largest absolute Gasteiger partial charge is 0.488 e. The highest BCUT2D eigenvalue weighted by atomic mass is 19.1. The summed E-state index contributed by atoms with van der Waals surface area (Å²) in [5.41, 5.74) is -0.513. The zero-order chi connectivity index (χ0) is 12.3. The number of ether oxygens (including phenoxy) is 1. The molecule has 16 heavy (non-hydrogen) atoms. The predicted molar refractivity (Wildman–Crippen MR) is 56.7 cm³/mol. The van der Waals surface area contributed by atoms with Crippen LogP contribution in [0.4, 0.5) is 8.78 Å². The second kappa shape index (κ2) is 5.05. The molecule has 88 valence electrons. The molecule has 0 aliphatic carbocycles. The molecular weight excluding hydrogens is 214 g/mol. The number of carbonyl (C=O) groups is 1. The number of carbonyl (C=O) groups excluding carboxylic acids is 1. The minimum atomic E-state index is -0.916. The van der Waals surface area contributed by atoms with Gasteiger partial charge in [0.25, 0.3) is 0 Å². The molecule has 0 aliphatic heterocycles. The van der Waals surface area contributed by atoms with Crippen molar-refractivity contribution in [3.63, 3.8) is 0 Å². The Kier molecular flexibility index (Phi) is 3.99. The first-order valence-electron chi connectivity index (χ1n) is 5.15. The van der Waals surface area contributed by atoms with Crippen LogP contribution in [0.1, 0.15) is 37.6 Å². The van der Waals surface area contributed by atoms with Gasteiger partial charge in [0.05, 0.1) is 11.7 Å². The van der Waals surface area contributed by atoms with Gasteiger partial charge in [-0.05, 0) is 26.0 Å². The summed E-state index contributed by atoms with van der Waals surface area (Å²) >= 11 is 0. The molecular formula is C12H14F2O2. The summed E-state index contributed by atoms with van der Waals surface area (Å²) in [5.74, 6) is -2.42. The van der Waals surface area contributed by atoms with E-state index in [0.29, 0.717) is 0 Å². The summed E-state index contributed by atoms with van der Waals surface area (Å²) in [7, 11) is 0. The van der Waals surface area contributed by atoms with Gasteiger partial charge in [-0.25, -0.2) is 8.78 Å². The van der Waals surface area contributed by atoms with E-state index in [1.165, 1.54) is 6.07 Å². The Morgan fingerprint density at radius 2 is 2.00 bits per heavy atom. The van der Waals surface area contributed by atoms with Crippen LogP contribution in [-0.2, 0) is 0 Å². The van der Waals surface area contributed by atoms with Crippen LogP contribution in [0.3, 0.4) is 0 Å². The van der Waals surface area contributed by atoms with Crippen molar-refractivity contribution < 1.29 is 18.3 Å². The number of hydrogen-bond acceptors (Lipinski definition) is 2. The maximum Gasteiger partial charge on any atom is 0.178 e. The number of hydrogen-bond donors (Lipinski definition) is 0. The molecule has 0 atom stereocenters. The Morgan fingerprint density at radius 3 is 2.50 bits per heavy atom. The predicted octanol–water partition coefficient (Wildman–Crippen LogP) is 3.34. The van der Waals surface area contributed by atoms with Crippen LogP contribution in [-0.4, -0.2) is 11.9 Å². The van der Waals surface area contributed by atoms with E-state index >= 15 is 0 Å². The number of Topliss-reactive ketones (excluding diaryl/α,β-unsaturated/α-hetero) is 1. The van der Waals surface area contributed by atoms with E-state index in [1.54, 1.807) is 20.8 Å². The average Bonchev–Trinajstić information content (AvgIpc) is 2.21. The van der Waals surface area contributed by atoms with Crippen LogP contribution in [0.25, 0.3) is 0 Å². The molecule has 0 radical (unpaired) electrons. The van der Waals surface area contributed by atoms with E-state index in [-0.39, 0.29) is 18.3 Å². The molecule has 1 rings (SSSR count). The fourth-order valence-electron chi connectivity index (χ4n) is 1.31. The highest BCUT2D eigenvalue weighted by Crippen LogP contribution is 2.25. The van der Waals surface area contributed by atoms with Crippen LogP contribution < -0.4 is 4.74 Å². The third-order valence-corrected chi connectivity index (χ3v) is 2.02. The SMILES string of the molecule is CCC(=O)c1c(F)ccc(OC(C)C)c1F. The minimum Gasteiger partial charge on any atom is -0.488 e. The Hall–Kier alpha value is -1.45. The number of halogens is 2. The van der Waals surface area contributed by atoms with Gasteiger partial charge < -0.3 is 4.74 Å². The van der Waals surface area contributed by atoms with E-state index < -0.39 is 23.0 Å². The van der Waals surface area contributed by atoms with Gasteiger partial charge in [-0.3, -0.25) is 4.79 Å². The van der Waals surface area contributed by atoms with Gasteiger partial charge in [-0.15, -0.1) is 0 Å². The molecule has 0 heterocycles. The second-order valence-electron chi connectivity index (χ2n) is 3.68. The van der Waals surface area contributed by atoms with Crippen molar-refractivity contribution in [1.29, 1.82) is 0 Å². The zero-order valence-corrected chi connectivity index (χ0v) is 9.51. The van der Waals surface area contributed by atoms with E-state index in [2.05, 4.69) is 0 Å². The molecule has 1 aromatic rings. The molecule has 0 unspecified atom stereocenters. The Morgan fingerprint density at radius 1 is 1.38 bits per heavy atom. The fraction of sp³-hybridized carbons (Fsp3) is 0.417. The van der Waals surface area contributed by atoms with Crippen molar-refractivity contribution in [3.05, 3.63) is 29.3 Å². The van der Waals surface area contributed by atoms with Gasteiger partial charge in [0.1, 0.15) is 5.82 Å². The van der Waals surface area contributed by atoms with Gasteiger partial charge in [-0.1, -0.05) is 6.92 Å². The molecule has 1 aromatic carbocycles. The summed E-state index contributed by atoms with van der Waals surface area (Å²) < 4.78 is 32.2. The third-order valence-electron chi connectivity index (χ3n) is 2.02. The lowest BCUT2D eigenvalue weighted by Crippen LogP contribution is -2.11. The summed E-state index contributed by atoms with van der Waals surface area (Å²) in [5, 5.41) is 0. The second-order valence-corrected chi connectivity index (χ2v) is 3.68. The Bertz CT molecular complexity index is 400. The summed E-state index contributed by atoms with van der Waals surface area (Å²) in [6.45, 7) is 5.01. The quantitative estimate of drug-likeness (QED) is 0.739. The minimum absolute atomic E-state index is 0.0545. The highest BCUT2D eigenvalue weighted by molar-refractivity contribution is 5.96. The van der Waals surface area contributed by atoms with Crippen LogP contribution >= 0.6 is 0 Å². The molecule has 0 amide bonds. The molecule has 0 bridgehead atoms. The van der Waals surface area contributed by atoms with Crippen molar-refractivity contribution in [2.24, 2.45) is 0 Å². The van der Waals surface area contributed by atoms with Gasteiger partial charge in [0.15, 0.2) is 17.3 Å². The molecule has 0 aromatic heterocycles. The Balaban J connectivity index is 3.21. The zero-order valence-electron chi connectivity index (χ0n) is 9.51. The van der Waals surface area contributed by atoms with Crippen LogP contribution in [0.2, 0.25) is 0 Å². The lowest BCUT2D eigenvalue weighted by molar-refractivity contribution is 0.0978. The number of ketones is 1.